The van der Waals surface area contributed by atoms with Gasteiger partial charge in [-0.3, -0.25) is 0 Å². The smallest absolute Gasteiger partial charge is 0.159 e. The maximum Gasteiger partial charge on any atom is 0.159 e. The van der Waals surface area contributed by atoms with E-state index in [0.29, 0.717) is 22.3 Å². The van der Waals surface area contributed by atoms with Gasteiger partial charge in [-0.05, 0) is 36.1 Å². The van der Waals surface area contributed by atoms with Crippen LogP contribution in [0.4, 0.5) is 28.7 Å². The largest absolute Gasteiger partial charge is 0.393 e. The van der Waals surface area contributed by atoms with Crippen molar-refractivity contribution in [2.24, 2.45) is 0 Å². The number of nitrogens with zero attached hydrogens (tertiary/aromatic N) is 2. The molecule has 134 valence electrons. The molecule has 3 aromatic carbocycles. The highest BCUT2D eigenvalue weighted by molar-refractivity contribution is 6.31. The van der Waals surface area contributed by atoms with E-state index in [1.54, 1.807) is 0 Å². The monoisotopic (exact) mass is 375 g/mol. The summed E-state index contributed by atoms with van der Waals surface area (Å²) in [5, 5.41) is 9.44. The molecular formula is C21H18ClN5. The van der Waals surface area contributed by atoms with Gasteiger partial charge in [0, 0.05) is 21.8 Å². The lowest BCUT2D eigenvalue weighted by molar-refractivity contribution is 1.17. The van der Waals surface area contributed by atoms with Gasteiger partial charge in [0.05, 0.1) is 0 Å². The van der Waals surface area contributed by atoms with E-state index in [4.69, 9.17) is 17.3 Å². The SMILES string of the molecule is Cc1ccc(Nc2ncnc(Nc3cccc4ccccc34)c2N)cc1Cl. The summed E-state index contributed by atoms with van der Waals surface area (Å²) < 4.78 is 0. The first-order valence-corrected chi connectivity index (χ1v) is 8.88. The number of nitrogens with one attached hydrogen (secondary N) is 2. The van der Waals surface area contributed by atoms with E-state index in [-0.39, 0.29) is 0 Å². The summed E-state index contributed by atoms with van der Waals surface area (Å²) in [4.78, 5) is 8.56. The van der Waals surface area contributed by atoms with Crippen LogP contribution >= 0.6 is 11.6 Å². The van der Waals surface area contributed by atoms with Gasteiger partial charge in [-0.15, -0.1) is 0 Å². The second kappa shape index (κ2) is 7.13. The zero-order valence-electron chi connectivity index (χ0n) is 14.7. The molecule has 0 fully saturated rings. The molecule has 0 amide bonds. The average molecular weight is 376 g/mol. The molecule has 1 aromatic heterocycles. The number of aromatic nitrogens is 2. The van der Waals surface area contributed by atoms with Crippen molar-refractivity contribution >= 4 is 51.1 Å². The molecule has 0 saturated heterocycles. The predicted molar refractivity (Wildman–Crippen MR) is 113 cm³/mol. The molecule has 0 aliphatic rings. The first kappa shape index (κ1) is 17.1. The number of hydrogen-bond acceptors (Lipinski definition) is 5. The zero-order valence-corrected chi connectivity index (χ0v) is 15.5. The fraction of sp³-hybridized carbons (Fsp3) is 0.0476. The summed E-state index contributed by atoms with van der Waals surface area (Å²) in [5.41, 5.74) is 9.50. The van der Waals surface area contributed by atoms with Gasteiger partial charge in [0.25, 0.3) is 0 Å². The highest BCUT2D eigenvalue weighted by Gasteiger charge is 2.10. The van der Waals surface area contributed by atoms with Crippen molar-refractivity contribution < 1.29 is 0 Å². The third kappa shape index (κ3) is 3.50. The third-order valence-electron chi connectivity index (χ3n) is 4.36. The van der Waals surface area contributed by atoms with Crippen LogP contribution in [0, 0.1) is 6.92 Å². The number of nitrogen functional groups attached to an aromatic ring is 1. The van der Waals surface area contributed by atoms with Crippen molar-refractivity contribution in [2.75, 3.05) is 16.4 Å². The molecule has 0 aliphatic heterocycles. The van der Waals surface area contributed by atoms with Crippen LogP contribution in [0.2, 0.25) is 5.02 Å². The van der Waals surface area contributed by atoms with Crippen LogP contribution < -0.4 is 16.4 Å². The molecular weight excluding hydrogens is 358 g/mol. The highest BCUT2D eigenvalue weighted by Crippen LogP contribution is 2.32. The minimum Gasteiger partial charge on any atom is -0.393 e. The van der Waals surface area contributed by atoms with E-state index in [0.717, 1.165) is 27.7 Å². The van der Waals surface area contributed by atoms with Crippen LogP contribution in [0.1, 0.15) is 5.56 Å². The number of fused-ring (bicyclic) bond motifs is 1. The second-order valence-corrected chi connectivity index (χ2v) is 6.63. The maximum atomic E-state index is 6.31. The van der Waals surface area contributed by atoms with Crippen LogP contribution in [0.3, 0.4) is 0 Å². The van der Waals surface area contributed by atoms with Crippen LogP contribution in [0.5, 0.6) is 0 Å². The fourth-order valence-electron chi connectivity index (χ4n) is 2.86. The number of aryl methyl sites for hydroxylation is 1. The van der Waals surface area contributed by atoms with E-state index < -0.39 is 0 Å². The average Bonchev–Trinajstić information content (AvgIpc) is 2.68. The number of nitrogens with two attached hydrogens (primary N) is 1. The van der Waals surface area contributed by atoms with Crippen LogP contribution in [-0.4, -0.2) is 9.97 Å². The number of anilines is 5. The zero-order chi connectivity index (χ0) is 18.8. The summed E-state index contributed by atoms with van der Waals surface area (Å²) in [7, 11) is 0. The topological polar surface area (TPSA) is 75.9 Å². The molecule has 4 N–H and O–H groups in total. The van der Waals surface area contributed by atoms with Crippen molar-refractivity contribution in [1.29, 1.82) is 0 Å². The number of benzene rings is 3. The summed E-state index contributed by atoms with van der Waals surface area (Å²) in [6, 6.07) is 19.9. The van der Waals surface area contributed by atoms with Gasteiger partial charge in [0.15, 0.2) is 11.6 Å². The Bertz CT molecular complexity index is 1120. The second-order valence-electron chi connectivity index (χ2n) is 6.23. The van der Waals surface area contributed by atoms with Crippen molar-refractivity contribution in [1.82, 2.24) is 9.97 Å². The van der Waals surface area contributed by atoms with Crippen molar-refractivity contribution in [3.05, 3.63) is 77.6 Å². The molecule has 6 heteroatoms. The van der Waals surface area contributed by atoms with Gasteiger partial charge in [0.1, 0.15) is 12.0 Å². The molecule has 0 aliphatic carbocycles. The van der Waals surface area contributed by atoms with Gasteiger partial charge in [-0.25, -0.2) is 9.97 Å². The Morgan fingerprint density at radius 3 is 2.44 bits per heavy atom. The Hall–Kier alpha value is -3.31. The lowest BCUT2D eigenvalue weighted by Crippen LogP contribution is -2.05. The van der Waals surface area contributed by atoms with Crippen molar-refractivity contribution in [3.8, 4) is 0 Å². The van der Waals surface area contributed by atoms with E-state index in [2.05, 4.69) is 38.8 Å². The van der Waals surface area contributed by atoms with Gasteiger partial charge >= 0.3 is 0 Å². The molecule has 1 heterocycles. The Morgan fingerprint density at radius 2 is 1.63 bits per heavy atom. The first-order chi connectivity index (χ1) is 13.1. The van der Waals surface area contributed by atoms with E-state index in [1.165, 1.54) is 6.33 Å². The highest BCUT2D eigenvalue weighted by atomic mass is 35.5. The van der Waals surface area contributed by atoms with Gasteiger partial charge in [0.2, 0.25) is 0 Å². The Morgan fingerprint density at radius 1 is 0.889 bits per heavy atom. The Balaban J connectivity index is 1.66. The molecule has 0 atom stereocenters. The lowest BCUT2D eigenvalue weighted by atomic mass is 10.1. The normalized spacial score (nSPS) is 10.7. The molecule has 0 unspecified atom stereocenters. The van der Waals surface area contributed by atoms with Crippen LogP contribution in [0.15, 0.2) is 67.0 Å². The molecule has 27 heavy (non-hydrogen) atoms. The number of hydrogen-bond donors (Lipinski definition) is 3. The fourth-order valence-corrected chi connectivity index (χ4v) is 3.04. The summed E-state index contributed by atoms with van der Waals surface area (Å²) >= 11 is 6.20. The maximum absolute atomic E-state index is 6.31. The Kier molecular flexibility index (Phi) is 4.52. The van der Waals surface area contributed by atoms with E-state index >= 15 is 0 Å². The molecule has 0 spiro atoms. The molecule has 0 saturated carbocycles. The molecule has 5 nitrogen and oxygen atoms in total. The lowest BCUT2D eigenvalue weighted by Gasteiger charge is -2.14. The summed E-state index contributed by atoms with van der Waals surface area (Å²) in [5.74, 6) is 1.06. The summed E-state index contributed by atoms with van der Waals surface area (Å²) in [6.45, 7) is 1.96. The minimum absolute atomic E-state index is 0.433. The molecule has 0 radical (unpaired) electrons. The Labute approximate surface area is 162 Å². The summed E-state index contributed by atoms with van der Waals surface area (Å²) in [6.07, 6.45) is 1.47. The van der Waals surface area contributed by atoms with E-state index in [1.807, 2.05) is 49.4 Å². The van der Waals surface area contributed by atoms with Crippen LogP contribution in [0.25, 0.3) is 10.8 Å². The quantitative estimate of drug-likeness (QED) is 0.429. The van der Waals surface area contributed by atoms with Gasteiger partial charge in [-0.1, -0.05) is 54.1 Å². The molecule has 4 aromatic rings. The molecule has 0 bridgehead atoms. The minimum atomic E-state index is 0.433. The standard InChI is InChI=1S/C21H18ClN5/c1-13-9-10-15(11-17(13)22)26-20-19(23)21(25-12-24-20)27-18-8-4-6-14-5-2-3-7-16(14)18/h2-12H,23H2,1H3,(H2,24,25,26,27). The van der Waals surface area contributed by atoms with Crippen LogP contribution in [-0.2, 0) is 0 Å². The van der Waals surface area contributed by atoms with Crippen molar-refractivity contribution in [3.63, 3.8) is 0 Å². The number of rotatable bonds is 4. The van der Waals surface area contributed by atoms with E-state index in [9.17, 15) is 0 Å². The first-order valence-electron chi connectivity index (χ1n) is 8.50. The molecule has 4 rings (SSSR count). The van der Waals surface area contributed by atoms with Crippen molar-refractivity contribution in [2.45, 2.75) is 6.92 Å². The third-order valence-corrected chi connectivity index (χ3v) is 4.77. The van der Waals surface area contributed by atoms with Gasteiger partial charge < -0.3 is 16.4 Å². The van der Waals surface area contributed by atoms with Gasteiger partial charge in [-0.2, -0.15) is 0 Å². The predicted octanol–water partition coefficient (Wildman–Crippen LogP) is 5.66. The number of halogens is 1.